The highest BCUT2D eigenvalue weighted by atomic mass is 79.9. The fraction of sp³-hybridized carbons (Fsp3) is 0.133. The summed E-state index contributed by atoms with van der Waals surface area (Å²) in [5, 5.41) is 5.98. The Balaban J connectivity index is 1.92. The molecular formula is C15H15BrN2O. The second-order valence-corrected chi connectivity index (χ2v) is 5.05. The highest BCUT2D eigenvalue weighted by Crippen LogP contribution is 2.21. The maximum Gasteiger partial charge on any atom is 0.243 e. The Labute approximate surface area is 121 Å². The quantitative estimate of drug-likeness (QED) is 0.900. The third-order valence-electron chi connectivity index (χ3n) is 2.73. The summed E-state index contributed by atoms with van der Waals surface area (Å²) < 4.78 is 0.874. The molecule has 0 bridgehead atoms. The van der Waals surface area contributed by atoms with Gasteiger partial charge in [0.1, 0.15) is 0 Å². The van der Waals surface area contributed by atoms with E-state index >= 15 is 0 Å². The number of nitrogens with one attached hydrogen (secondary N) is 2. The van der Waals surface area contributed by atoms with Crippen LogP contribution in [0.3, 0.4) is 0 Å². The molecule has 2 aromatic carbocycles. The van der Waals surface area contributed by atoms with Crippen LogP contribution in [-0.2, 0) is 4.79 Å². The Kier molecular flexibility index (Phi) is 4.58. The molecule has 2 N–H and O–H groups in total. The fourth-order valence-corrected chi connectivity index (χ4v) is 2.09. The molecule has 0 aliphatic rings. The van der Waals surface area contributed by atoms with Gasteiger partial charge in [-0.2, -0.15) is 0 Å². The zero-order valence-electron chi connectivity index (χ0n) is 10.6. The van der Waals surface area contributed by atoms with Crippen molar-refractivity contribution >= 4 is 33.2 Å². The minimum atomic E-state index is -0.0739. The van der Waals surface area contributed by atoms with Crippen LogP contribution >= 0.6 is 15.9 Å². The van der Waals surface area contributed by atoms with Crippen LogP contribution < -0.4 is 10.6 Å². The molecule has 0 heterocycles. The molecule has 98 valence electrons. The third kappa shape index (κ3) is 3.83. The summed E-state index contributed by atoms with van der Waals surface area (Å²) >= 11 is 3.40. The summed E-state index contributed by atoms with van der Waals surface area (Å²) in [6, 6.07) is 15.4. The lowest BCUT2D eigenvalue weighted by atomic mass is 10.2. The number of aryl methyl sites for hydroxylation is 1. The zero-order valence-corrected chi connectivity index (χ0v) is 12.2. The number of para-hydroxylation sites is 2. The summed E-state index contributed by atoms with van der Waals surface area (Å²) in [4.78, 5) is 11.9. The Hall–Kier alpha value is -1.81. The van der Waals surface area contributed by atoms with E-state index in [0.717, 1.165) is 21.4 Å². The van der Waals surface area contributed by atoms with Crippen molar-refractivity contribution in [2.45, 2.75) is 6.92 Å². The fourth-order valence-electron chi connectivity index (χ4n) is 1.70. The molecule has 2 rings (SSSR count). The Morgan fingerprint density at radius 2 is 1.68 bits per heavy atom. The molecule has 0 aliphatic carbocycles. The number of halogens is 1. The van der Waals surface area contributed by atoms with Crippen molar-refractivity contribution in [3.63, 3.8) is 0 Å². The Morgan fingerprint density at radius 3 is 2.37 bits per heavy atom. The van der Waals surface area contributed by atoms with Gasteiger partial charge in [0, 0.05) is 10.2 Å². The average Bonchev–Trinajstić information content (AvgIpc) is 2.40. The summed E-state index contributed by atoms with van der Waals surface area (Å²) in [7, 11) is 0. The largest absolute Gasteiger partial charge is 0.376 e. The number of benzene rings is 2. The number of carbonyl (C=O) groups excluding carboxylic acids is 1. The Morgan fingerprint density at radius 1 is 1.05 bits per heavy atom. The number of hydrogen-bond donors (Lipinski definition) is 2. The van der Waals surface area contributed by atoms with Crippen molar-refractivity contribution < 1.29 is 4.79 Å². The van der Waals surface area contributed by atoms with Gasteiger partial charge in [0.2, 0.25) is 5.91 Å². The standard InChI is InChI=1S/C15H15BrN2O/c1-11-6-2-4-8-13(11)17-10-15(19)18-14-9-5-3-7-12(14)16/h2-9,17H,10H2,1H3,(H,18,19). The first-order valence-corrected chi connectivity index (χ1v) is 6.80. The van der Waals surface area contributed by atoms with Gasteiger partial charge in [-0.05, 0) is 46.6 Å². The first kappa shape index (κ1) is 13.6. The number of amides is 1. The van der Waals surface area contributed by atoms with Crippen molar-refractivity contribution in [2.24, 2.45) is 0 Å². The van der Waals surface area contributed by atoms with Crippen LogP contribution in [0, 0.1) is 6.92 Å². The van der Waals surface area contributed by atoms with Crippen molar-refractivity contribution in [1.82, 2.24) is 0 Å². The van der Waals surface area contributed by atoms with E-state index in [1.807, 2.05) is 55.5 Å². The molecule has 0 radical (unpaired) electrons. The van der Waals surface area contributed by atoms with Crippen molar-refractivity contribution in [1.29, 1.82) is 0 Å². The monoisotopic (exact) mass is 318 g/mol. The number of hydrogen-bond acceptors (Lipinski definition) is 2. The summed E-state index contributed by atoms with van der Waals surface area (Å²) in [6.07, 6.45) is 0. The van der Waals surface area contributed by atoms with Crippen molar-refractivity contribution in [3.05, 3.63) is 58.6 Å². The van der Waals surface area contributed by atoms with Gasteiger partial charge in [0.25, 0.3) is 0 Å². The van der Waals surface area contributed by atoms with Gasteiger partial charge in [-0.15, -0.1) is 0 Å². The molecule has 0 fully saturated rings. The molecular weight excluding hydrogens is 304 g/mol. The predicted molar refractivity (Wildman–Crippen MR) is 82.4 cm³/mol. The maximum atomic E-state index is 11.9. The van der Waals surface area contributed by atoms with E-state index < -0.39 is 0 Å². The molecule has 4 heteroatoms. The number of rotatable bonds is 4. The van der Waals surface area contributed by atoms with E-state index in [9.17, 15) is 4.79 Å². The second kappa shape index (κ2) is 6.38. The van der Waals surface area contributed by atoms with Gasteiger partial charge in [-0.1, -0.05) is 30.3 Å². The van der Waals surface area contributed by atoms with Gasteiger partial charge in [-0.25, -0.2) is 0 Å². The van der Waals surface area contributed by atoms with E-state index in [1.54, 1.807) is 0 Å². The molecule has 0 unspecified atom stereocenters. The van der Waals surface area contributed by atoms with Gasteiger partial charge in [-0.3, -0.25) is 4.79 Å². The summed E-state index contributed by atoms with van der Waals surface area (Å²) in [5.41, 5.74) is 2.88. The van der Waals surface area contributed by atoms with Crippen molar-refractivity contribution in [3.8, 4) is 0 Å². The van der Waals surface area contributed by atoms with E-state index in [4.69, 9.17) is 0 Å². The SMILES string of the molecule is Cc1ccccc1NCC(=O)Nc1ccccc1Br. The zero-order chi connectivity index (χ0) is 13.7. The van der Waals surface area contributed by atoms with Crippen LogP contribution in [0.1, 0.15) is 5.56 Å². The van der Waals surface area contributed by atoms with E-state index in [-0.39, 0.29) is 12.5 Å². The second-order valence-electron chi connectivity index (χ2n) is 4.20. The van der Waals surface area contributed by atoms with Crippen molar-refractivity contribution in [2.75, 3.05) is 17.2 Å². The van der Waals surface area contributed by atoms with Crippen LogP contribution in [-0.4, -0.2) is 12.5 Å². The third-order valence-corrected chi connectivity index (χ3v) is 3.42. The van der Waals surface area contributed by atoms with Gasteiger partial charge >= 0.3 is 0 Å². The lowest BCUT2D eigenvalue weighted by Crippen LogP contribution is -2.22. The van der Waals surface area contributed by atoms with Crippen LogP contribution in [0.2, 0.25) is 0 Å². The first-order chi connectivity index (χ1) is 9.16. The summed E-state index contributed by atoms with van der Waals surface area (Å²) in [5.74, 6) is -0.0739. The Bertz CT molecular complexity index is 584. The molecule has 0 atom stereocenters. The predicted octanol–water partition coefficient (Wildman–Crippen LogP) is 3.81. The maximum absolute atomic E-state index is 11.9. The van der Waals surface area contributed by atoms with Gasteiger partial charge < -0.3 is 10.6 Å². The molecule has 2 aromatic rings. The van der Waals surface area contributed by atoms with E-state index in [1.165, 1.54) is 0 Å². The normalized spacial score (nSPS) is 10.0. The number of carbonyl (C=O) groups is 1. The molecule has 0 saturated carbocycles. The molecule has 3 nitrogen and oxygen atoms in total. The van der Waals surface area contributed by atoms with Crippen LogP contribution in [0.15, 0.2) is 53.0 Å². The van der Waals surface area contributed by atoms with Crippen LogP contribution in [0.5, 0.6) is 0 Å². The smallest absolute Gasteiger partial charge is 0.243 e. The lowest BCUT2D eigenvalue weighted by molar-refractivity contribution is -0.114. The lowest BCUT2D eigenvalue weighted by Gasteiger charge is -2.10. The summed E-state index contributed by atoms with van der Waals surface area (Å²) in [6.45, 7) is 2.25. The van der Waals surface area contributed by atoms with E-state index in [2.05, 4.69) is 26.6 Å². The first-order valence-electron chi connectivity index (χ1n) is 6.00. The van der Waals surface area contributed by atoms with Gasteiger partial charge in [0.15, 0.2) is 0 Å². The molecule has 0 aromatic heterocycles. The molecule has 1 amide bonds. The molecule has 0 aliphatic heterocycles. The highest BCUT2D eigenvalue weighted by molar-refractivity contribution is 9.10. The highest BCUT2D eigenvalue weighted by Gasteiger charge is 2.05. The van der Waals surface area contributed by atoms with Gasteiger partial charge in [0.05, 0.1) is 12.2 Å². The molecule has 19 heavy (non-hydrogen) atoms. The molecule has 0 saturated heterocycles. The minimum absolute atomic E-state index is 0.0739. The minimum Gasteiger partial charge on any atom is -0.376 e. The van der Waals surface area contributed by atoms with Crippen LogP contribution in [0.25, 0.3) is 0 Å². The average molecular weight is 319 g/mol. The molecule has 0 spiro atoms. The topological polar surface area (TPSA) is 41.1 Å². The van der Waals surface area contributed by atoms with E-state index in [0.29, 0.717) is 0 Å². The van der Waals surface area contributed by atoms with Crippen LogP contribution in [0.4, 0.5) is 11.4 Å². The number of anilines is 2.